The molecule has 3 rings (SSSR count). The maximum absolute atomic E-state index is 12.8. The smallest absolute Gasteiger partial charge is 0.326 e. The molecule has 2 aromatic rings. The minimum atomic E-state index is -4.57. The predicted octanol–water partition coefficient (Wildman–Crippen LogP) is 5.17. The predicted molar refractivity (Wildman–Crippen MR) is 94.4 cm³/mol. The van der Waals surface area contributed by atoms with Crippen LogP contribution in [-0.2, 0) is 21.9 Å². The monoisotopic (exact) mass is 434 g/mol. The third kappa shape index (κ3) is 5.03. The quantitative estimate of drug-likeness (QED) is 0.656. The van der Waals surface area contributed by atoms with Crippen LogP contribution in [0.1, 0.15) is 17.5 Å². The number of rotatable bonds is 3. The Balaban J connectivity index is 1.68. The van der Waals surface area contributed by atoms with Crippen LogP contribution in [0.3, 0.4) is 0 Å². The van der Waals surface area contributed by atoms with Crippen molar-refractivity contribution in [3.8, 4) is 0 Å². The van der Waals surface area contributed by atoms with Gasteiger partial charge in [-0.15, -0.1) is 11.8 Å². The maximum atomic E-state index is 12.8. The Labute approximate surface area is 164 Å². The Morgan fingerprint density at radius 3 is 2.31 bits per heavy atom. The molecule has 0 saturated carbocycles. The molecule has 1 aliphatic heterocycles. The highest BCUT2D eigenvalue weighted by atomic mass is 32.2. The van der Waals surface area contributed by atoms with Gasteiger partial charge in [-0.3, -0.25) is 9.59 Å². The highest BCUT2D eigenvalue weighted by Crippen LogP contribution is 2.40. The van der Waals surface area contributed by atoms with Gasteiger partial charge in [0.05, 0.1) is 22.1 Å². The van der Waals surface area contributed by atoms with Crippen LogP contribution in [0.5, 0.6) is 0 Å². The zero-order valence-electron chi connectivity index (χ0n) is 14.3. The van der Waals surface area contributed by atoms with Crippen molar-refractivity contribution in [3.05, 3.63) is 53.6 Å². The summed E-state index contributed by atoms with van der Waals surface area (Å²) in [5.41, 5.74) is -1.95. The first kappa shape index (κ1) is 21.0. The zero-order valence-corrected chi connectivity index (χ0v) is 15.1. The minimum absolute atomic E-state index is 0.00985. The van der Waals surface area contributed by atoms with E-state index >= 15 is 0 Å². The van der Waals surface area contributed by atoms with Gasteiger partial charge in [-0.2, -0.15) is 26.3 Å². The lowest BCUT2D eigenvalue weighted by Crippen LogP contribution is -2.32. The van der Waals surface area contributed by atoms with Crippen LogP contribution in [0.25, 0.3) is 0 Å². The molecular formula is C18H12F6N2O2S. The molecule has 1 atom stereocenters. The third-order valence-electron chi connectivity index (χ3n) is 3.97. The summed E-state index contributed by atoms with van der Waals surface area (Å²) in [5.74, 6) is -1.37. The minimum Gasteiger partial charge on any atom is -0.326 e. The Bertz CT molecular complexity index is 958. The van der Waals surface area contributed by atoms with Gasteiger partial charge in [0, 0.05) is 17.0 Å². The number of benzene rings is 2. The van der Waals surface area contributed by atoms with Gasteiger partial charge in [0.25, 0.3) is 0 Å². The molecule has 154 valence electrons. The Hall–Kier alpha value is -2.69. The molecule has 1 unspecified atom stereocenters. The van der Waals surface area contributed by atoms with E-state index in [1.165, 1.54) is 12.1 Å². The average Bonchev–Trinajstić information content (AvgIpc) is 2.60. The molecule has 0 bridgehead atoms. The second kappa shape index (κ2) is 7.62. The summed E-state index contributed by atoms with van der Waals surface area (Å²) < 4.78 is 76.5. The van der Waals surface area contributed by atoms with Gasteiger partial charge in [-0.05, 0) is 36.4 Å². The van der Waals surface area contributed by atoms with Crippen molar-refractivity contribution >= 4 is 35.0 Å². The fourth-order valence-corrected chi connectivity index (χ4v) is 3.71. The maximum Gasteiger partial charge on any atom is 0.416 e. The average molecular weight is 434 g/mol. The SMILES string of the molecule is O=C(CC1Sc2ccc(C(F)(F)F)cc2NC1=O)Nc1cccc(C(F)(F)F)c1. The molecule has 0 radical (unpaired) electrons. The van der Waals surface area contributed by atoms with E-state index in [0.717, 1.165) is 42.1 Å². The van der Waals surface area contributed by atoms with Gasteiger partial charge in [-0.1, -0.05) is 6.07 Å². The molecule has 2 N–H and O–H groups in total. The van der Waals surface area contributed by atoms with Crippen LogP contribution in [-0.4, -0.2) is 17.1 Å². The molecule has 0 saturated heterocycles. The molecule has 2 amide bonds. The number of fused-ring (bicyclic) bond motifs is 1. The summed E-state index contributed by atoms with van der Waals surface area (Å²) in [6.45, 7) is 0. The third-order valence-corrected chi connectivity index (χ3v) is 5.25. The van der Waals surface area contributed by atoms with Crippen molar-refractivity contribution in [2.45, 2.75) is 28.9 Å². The van der Waals surface area contributed by atoms with E-state index in [2.05, 4.69) is 10.6 Å². The summed E-state index contributed by atoms with van der Waals surface area (Å²) >= 11 is 0.911. The Morgan fingerprint density at radius 1 is 1.00 bits per heavy atom. The Morgan fingerprint density at radius 2 is 1.66 bits per heavy atom. The standard InChI is InChI=1S/C18H12F6N2O2S/c19-17(20,21)9-2-1-3-11(6-9)25-15(27)8-14-16(28)26-12-7-10(18(22,23)24)4-5-13(12)29-14/h1-7,14H,8H2,(H,25,27)(H,26,28). The number of anilines is 2. The van der Waals surface area contributed by atoms with Crippen LogP contribution in [0.2, 0.25) is 0 Å². The number of amides is 2. The molecule has 29 heavy (non-hydrogen) atoms. The number of alkyl halides is 6. The summed E-state index contributed by atoms with van der Waals surface area (Å²) in [5, 5.41) is 3.69. The fraction of sp³-hybridized carbons (Fsp3) is 0.222. The van der Waals surface area contributed by atoms with E-state index in [-0.39, 0.29) is 17.8 Å². The number of hydrogen-bond acceptors (Lipinski definition) is 3. The lowest BCUT2D eigenvalue weighted by molar-refractivity contribution is -0.138. The molecule has 0 fully saturated rings. The van der Waals surface area contributed by atoms with E-state index in [4.69, 9.17) is 0 Å². The first-order valence-electron chi connectivity index (χ1n) is 8.09. The van der Waals surface area contributed by atoms with Gasteiger partial charge < -0.3 is 10.6 Å². The molecule has 1 heterocycles. The number of halogens is 6. The van der Waals surface area contributed by atoms with Gasteiger partial charge in [-0.25, -0.2) is 0 Å². The Kier molecular flexibility index (Phi) is 5.52. The summed E-state index contributed by atoms with van der Waals surface area (Å²) in [6, 6.07) is 6.89. The highest BCUT2D eigenvalue weighted by molar-refractivity contribution is 8.01. The second-order valence-electron chi connectivity index (χ2n) is 6.14. The van der Waals surface area contributed by atoms with Crippen molar-refractivity contribution in [3.63, 3.8) is 0 Å². The van der Waals surface area contributed by atoms with E-state index < -0.39 is 40.5 Å². The number of hydrogen-bond donors (Lipinski definition) is 2. The van der Waals surface area contributed by atoms with Gasteiger partial charge in [0.1, 0.15) is 0 Å². The van der Waals surface area contributed by atoms with E-state index in [1.54, 1.807) is 0 Å². The van der Waals surface area contributed by atoms with Crippen molar-refractivity contribution in [2.24, 2.45) is 0 Å². The second-order valence-corrected chi connectivity index (χ2v) is 7.38. The molecular weight excluding hydrogens is 422 g/mol. The number of nitrogens with one attached hydrogen (secondary N) is 2. The van der Waals surface area contributed by atoms with Gasteiger partial charge >= 0.3 is 12.4 Å². The van der Waals surface area contributed by atoms with Crippen LogP contribution >= 0.6 is 11.8 Å². The van der Waals surface area contributed by atoms with Crippen molar-refractivity contribution in [1.29, 1.82) is 0 Å². The molecule has 11 heteroatoms. The van der Waals surface area contributed by atoms with Crippen molar-refractivity contribution < 1.29 is 35.9 Å². The summed E-state index contributed by atoms with van der Waals surface area (Å²) in [4.78, 5) is 24.7. The first-order chi connectivity index (χ1) is 13.4. The van der Waals surface area contributed by atoms with Crippen LogP contribution < -0.4 is 10.6 Å². The number of carbonyl (C=O) groups is 2. The van der Waals surface area contributed by atoms with Gasteiger partial charge in [0.15, 0.2) is 0 Å². The fourth-order valence-electron chi connectivity index (χ4n) is 2.61. The van der Waals surface area contributed by atoms with E-state index in [1.807, 2.05) is 0 Å². The first-order valence-corrected chi connectivity index (χ1v) is 8.97. The van der Waals surface area contributed by atoms with Crippen LogP contribution in [0, 0.1) is 0 Å². The van der Waals surface area contributed by atoms with Gasteiger partial charge in [0.2, 0.25) is 11.8 Å². The van der Waals surface area contributed by atoms with Crippen LogP contribution in [0.15, 0.2) is 47.4 Å². The summed E-state index contributed by atoms with van der Waals surface area (Å²) in [7, 11) is 0. The molecule has 0 aliphatic carbocycles. The molecule has 2 aromatic carbocycles. The highest BCUT2D eigenvalue weighted by Gasteiger charge is 2.34. The van der Waals surface area contributed by atoms with E-state index in [0.29, 0.717) is 4.90 Å². The molecule has 1 aliphatic rings. The molecule has 0 spiro atoms. The normalized spacial score (nSPS) is 16.8. The van der Waals surface area contributed by atoms with Crippen molar-refractivity contribution in [1.82, 2.24) is 0 Å². The number of carbonyl (C=O) groups excluding carboxylic acids is 2. The lowest BCUT2D eigenvalue weighted by atomic mass is 10.1. The summed E-state index contributed by atoms with van der Waals surface area (Å²) in [6.07, 6.45) is -9.50. The molecule has 0 aromatic heterocycles. The van der Waals surface area contributed by atoms with Crippen molar-refractivity contribution in [2.75, 3.05) is 10.6 Å². The van der Waals surface area contributed by atoms with E-state index in [9.17, 15) is 35.9 Å². The largest absolute Gasteiger partial charge is 0.416 e. The zero-order chi connectivity index (χ0) is 21.4. The van der Waals surface area contributed by atoms with Crippen LogP contribution in [0.4, 0.5) is 37.7 Å². The number of thioether (sulfide) groups is 1. The topological polar surface area (TPSA) is 58.2 Å². The lowest BCUT2D eigenvalue weighted by Gasteiger charge is -2.24. The molecule has 4 nitrogen and oxygen atoms in total.